The minimum atomic E-state index is -0.579. The lowest BCUT2D eigenvalue weighted by molar-refractivity contribution is -0.140. The van der Waals surface area contributed by atoms with Gasteiger partial charge in [-0.25, -0.2) is 0 Å². The van der Waals surface area contributed by atoms with E-state index in [2.05, 4.69) is 31.6 Å². The first-order valence-corrected chi connectivity index (χ1v) is 6.88. The Hall–Kier alpha value is -1.55. The van der Waals surface area contributed by atoms with Gasteiger partial charge in [0.2, 0.25) is 0 Å². The van der Waals surface area contributed by atoms with Crippen LogP contribution in [0.1, 0.15) is 50.0 Å². The van der Waals surface area contributed by atoms with Gasteiger partial charge in [0, 0.05) is 17.5 Å². The van der Waals surface area contributed by atoms with E-state index in [-0.39, 0.29) is 11.4 Å². The Balaban J connectivity index is 2.35. The number of benzene rings is 1. The fourth-order valence-electron chi connectivity index (χ4n) is 2.42. The molecule has 2 rings (SSSR count). The van der Waals surface area contributed by atoms with Crippen molar-refractivity contribution in [3.05, 3.63) is 28.8 Å². The number of hydrogen-bond acceptors (Lipinski definition) is 4. The summed E-state index contributed by atoms with van der Waals surface area (Å²) in [5.74, 6) is 0.575. The number of carbonyl (C=O) groups excluding carboxylic acids is 1. The standard InChI is InChI=1S/C16H22O4/c1-16(2,3)12-8-10(5-6-14(18)19-4)7-11-13(17)9-20-15(11)12/h7-8,13,17H,5-6,9H2,1-4H3. The molecule has 1 aromatic rings. The Bertz CT molecular complexity index is 514. The van der Waals surface area contributed by atoms with Crippen molar-refractivity contribution >= 4 is 5.97 Å². The molecule has 20 heavy (non-hydrogen) atoms. The number of aryl methyl sites for hydroxylation is 1. The Morgan fingerprint density at radius 1 is 1.45 bits per heavy atom. The second kappa shape index (κ2) is 5.44. The Kier molecular flexibility index (Phi) is 4.04. The molecule has 1 heterocycles. The molecule has 1 aliphatic heterocycles. The van der Waals surface area contributed by atoms with Crippen LogP contribution < -0.4 is 4.74 Å². The molecule has 110 valence electrons. The topological polar surface area (TPSA) is 55.8 Å². The summed E-state index contributed by atoms with van der Waals surface area (Å²) in [6.07, 6.45) is 0.371. The number of esters is 1. The summed E-state index contributed by atoms with van der Waals surface area (Å²) in [6.45, 7) is 6.64. The van der Waals surface area contributed by atoms with Crippen LogP contribution in [-0.2, 0) is 21.4 Å². The van der Waals surface area contributed by atoms with Gasteiger partial charge in [0.25, 0.3) is 0 Å². The Morgan fingerprint density at radius 3 is 2.75 bits per heavy atom. The molecule has 0 aromatic heterocycles. The summed E-state index contributed by atoms with van der Waals surface area (Å²) < 4.78 is 10.3. The van der Waals surface area contributed by atoms with Gasteiger partial charge >= 0.3 is 5.97 Å². The lowest BCUT2D eigenvalue weighted by Crippen LogP contribution is -2.13. The summed E-state index contributed by atoms with van der Waals surface area (Å²) in [5, 5.41) is 10.0. The van der Waals surface area contributed by atoms with Crippen LogP contribution in [0.15, 0.2) is 12.1 Å². The largest absolute Gasteiger partial charge is 0.490 e. The number of aliphatic hydroxyl groups is 1. The second-order valence-corrected chi connectivity index (χ2v) is 6.21. The van der Waals surface area contributed by atoms with Gasteiger partial charge in [0.05, 0.1) is 7.11 Å². The van der Waals surface area contributed by atoms with Crippen molar-refractivity contribution in [2.75, 3.05) is 13.7 Å². The van der Waals surface area contributed by atoms with Crippen LogP contribution in [-0.4, -0.2) is 24.8 Å². The predicted octanol–water partition coefficient (Wildman–Crippen LogP) is 2.52. The first-order valence-electron chi connectivity index (χ1n) is 6.88. The van der Waals surface area contributed by atoms with E-state index in [1.807, 2.05) is 6.07 Å². The summed E-state index contributed by atoms with van der Waals surface area (Å²) in [5.41, 5.74) is 2.86. The molecule has 0 saturated carbocycles. The van der Waals surface area contributed by atoms with E-state index in [0.717, 1.165) is 22.4 Å². The van der Waals surface area contributed by atoms with Gasteiger partial charge in [-0.15, -0.1) is 0 Å². The zero-order valence-corrected chi connectivity index (χ0v) is 12.5. The van der Waals surface area contributed by atoms with Gasteiger partial charge in [-0.1, -0.05) is 26.8 Å². The van der Waals surface area contributed by atoms with Crippen LogP contribution >= 0.6 is 0 Å². The van der Waals surface area contributed by atoms with E-state index in [1.165, 1.54) is 7.11 Å². The van der Waals surface area contributed by atoms with E-state index in [4.69, 9.17) is 4.74 Å². The van der Waals surface area contributed by atoms with Crippen molar-refractivity contribution in [2.24, 2.45) is 0 Å². The van der Waals surface area contributed by atoms with E-state index >= 15 is 0 Å². The zero-order chi connectivity index (χ0) is 14.9. The average molecular weight is 278 g/mol. The smallest absolute Gasteiger partial charge is 0.305 e. The first-order chi connectivity index (χ1) is 9.32. The average Bonchev–Trinajstić information content (AvgIpc) is 2.76. The quantitative estimate of drug-likeness (QED) is 0.863. The van der Waals surface area contributed by atoms with Crippen LogP contribution in [0.5, 0.6) is 5.75 Å². The van der Waals surface area contributed by atoms with Crippen LogP contribution in [0.2, 0.25) is 0 Å². The number of carbonyl (C=O) groups is 1. The molecular weight excluding hydrogens is 256 g/mol. The molecule has 1 N–H and O–H groups in total. The number of methoxy groups -OCH3 is 1. The van der Waals surface area contributed by atoms with E-state index in [9.17, 15) is 9.90 Å². The molecule has 0 fully saturated rings. The van der Waals surface area contributed by atoms with Gasteiger partial charge in [-0.3, -0.25) is 4.79 Å². The first kappa shape index (κ1) is 14.9. The molecule has 1 atom stereocenters. The van der Waals surface area contributed by atoms with Gasteiger partial charge in [-0.2, -0.15) is 0 Å². The van der Waals surface area contributed by atoms with Crippen molar-refractivity contribution in [3.63, 3.8) is 0 Å². The third-order valence-corrected chi connectivity index (χ3v) is 3.58. The monoisotopic (exact) mass is 278 g/mol. The van der Waals surface area contributed by atoms with Gasteiger partial charge < -0.3 is 14.6 Å². The van der Waals surface area contributed by atoms with Crippen LogP contribution in [0, 0.1) is 0 Å². The maximum Gasteiger partial charge on any atom is 0.305 e. The molecule has 0 saturated heterocycles. The summed E-state index contributed by atoms with van der Waals surface area (Å²) in [4.78, 5) is 11.3. The van der Waals surface area contributed by atoms with E-state index in [0.29, 0.717) is 19.4 Å². The number of hydrogen-bond donors (Lipinski definition) is 1. The summed E-state index contributed by atoms with van der Waals surface area (Å²) in [7, 11) is 1.39. The van der Waals surface area contributed by atoms with Gasteiger partial charge in [0.1, 0.15) is 18.5 Å². The number of ether oxygens (including phenoxy) is 2. The third-order valence-electron chi connectivity index (χ3n) is 3.58. The van der Waals surface area contributed by atoms with Gasteiger partial charge in [-0.05, 0) is 23.5 Å². The zero-order valence-electron chi connectivity index (χ0n) is 12.5. The molecule has 1 unspecified atom stereocenters. The molecule has 0 spiro atoms. The van der Waals surface area contributed by atoms with Crippen molar-refractivity contribution in [2.45, 2.75) is 45.1 Å². The van der Waals surface area contributed by atoms with Crippen LogP contribution in [0.25, 0.3) is 0 Å². The highest BCUT2D eigenvalue weighted by Crippen LogP contribution is 2.42. The molecule has 0 aliphatic carbocycles. The molecular formula is C16H22O4. The number of aliphatic hydroxyl groups excluding tert-OH is 1. The molecule has 1 aromatic carbocycles. The van der Waals surface area contributed by atoms with E-state index < -0.39 is 6.10 Å². The van der Waals surface area contributed by atoms with Crippen molar-refractivity contribution in [1.29, 1.82) is 0 Å². The predicted molar refractivity (Wildman–Crippen MR) is 75.9 cm³/mol. The summed E-state index contributed by atoms with van der Waals surface area (Å²) in [6, 6.07) is 4.00. The van der Waals surface area contributed by atoms with E-state index in [1.54, 1.807) is 0 Å². The fraction of sp³-hybridized carbons (Fsp3) is 0.562. The SMILES string of the molecule is COC(=O)CCc1cc2c(c(C(C)(C)C)c1)OCC2O. The van der Waals surface area contributed by atoms with Crippen molar-refractivity contribution in [3.8, 4) is 5.75 Å². The molecule has 0 radical (unpaired) electrons. The highest BCUT2D eigenvalue weighted by Gasteiger charge is 2.30. The molecule has 0 bridgehead atoms. The normalized spacial score (nSPS) is 17.6. The second-order valence-electron chi connectivity index (χ2n) is 6.21. The Labute approximate surface area is 119 Å². The number of rotatable bonds is 3. The summed E-state index contributed by atoms with van der Waals surface area (Å²) >= 11 is 0. The van der Waals surface area contributed by atoms with Gasteiger partial charge in [0.15, 0.2) is 0 Å². The Morgan fingerprint density at radius 2 is 2.15 bits per heavy atom. The highest BCUT2D eigenvalue weighted by molar-refractivity contribution is 5.69. The maximum atomic E-state index is 11.3. The lowest BCUT2D eigenvalue weighted by atomic mass is 9.83. The third kappa shape index (κ3) is 2.96. The van der Waals surface area contributed by atoms with Crippen LogP contribution in [0.3, 0.4) is 0 Å². The fourth-order valence-corrected chi connectivity index (χ4v) is 2.42. The molecule has 1 aliphatic rings. The minimum absolute atomic E-state index is 0.0740. The molecule has 4 heteroatoms. The highest BCUT2D eigenvalue weighted by atomic mass is 16.5. The molecule has 4 nitrogen and oxygen atoms in total. The lowest BCUT2D eigenvalue weighted by Gasteiger charge is -2.23. The number of fused-ring (bicyclic) bond motifs is 1. The van der Waals surface area contributed by atoms with Crippen molar-refractivity contribution < 1.29 is 19.4 Å². The van der Waals surface area contributed by atoms with Crippen LogP contribution in [0.4, 0.5) is 0 Å². The molecule has 0 amide bonds. The maximum absolute atomic E-state index is 11.3. The van der Waals surface area contributed by atoms with Crippen molar-refractivity contribution in [1.82, 2.24) is 0 Å². The minimum Gasteiger partial charge on any atom is -0.490 e.